The van der Waals surface area contributed by atoms with Crippen LogP contribution in [0, 0.1) is 5.92 Å². The number of ether oxygens (including phenoxy) is 2. The monoisotopic (exact) mass is 266 g/mol. The maximum atomic E-state index is 12.5. The van der Waals surface area contributed by atoms with Crippen LogP contribution in [-0.4, -0.2) is 29.9 Å². The predicted octanol–water partition coefficient (Wildman–Crippen LogP) is 1.55. The second-order valence-corrected chi connectivity index (χ2v) is 4.97. The van der Waals surface area contributed by atoms with Crippen molar-refractivity contribution in [1.29, 1.82) is 0 Å². The number of hydrogen-bond donors (Lipinski definition) is 0. The second-order valence-electron chi connectivity index (χ2n) is 4.97. The molecular formula is C14H18O5. The minimum Gasteiger partial charge on any atom is -0.463 e. The van der Waals surface area contributed by atoms with Gasteiger partial charge in [-0.25, -0.2) is 4.79 Å². The molecule has 2 atom stereocenters. The fraction of sp³-hybridized carbons (Fsp3) is 0.643. The van der Waals surface area contributed by atoms with E-state index in [0.29, 0.717) is 12.0 Å². The Kier molecular flexibility index (Phi) is 3.47. The van der Waals surface area contributed by atoms with Crippen molar-refractivity contribution in [2.24, 2.45) is 5.92 Å². The summed E-state index contributed by atoms with van der Waals surface area (Å²) in [6, 6.07) is 0. The summed E-state index contributed by atoms with van der Waals surface area (Å²) in [4.78, 5) is 36.1. The van der Waals surface area contributed by atoms with E-state index in [9.17, 15) is 14.4 Å². The van der Waals surface area contributed by atoms with E-state index in [4.69, 9.17) is 9.47 Å². The van der Waals surface area contributed by atoms with Gasteiger partial charge < -0.3 is 9.47 Å². The van der Waals surface area contributed by atoms with Crippen LogP contribution < -0.4 is 0 Å². The highest BCUT2D eigenvalue weighted by atomic mass is 16.6. The van der Waals surface area contributed by atoms with Crippen LogP contribution in [0.2, 0.25) is 0 Å². The van der Waals surface area contributed by atoms with Gasteiger partial charge in [-0.1, -0.05) is 5.57 Å². The van der Waals surface area contributed by atoms with Gasteiger partial charge >= 0.3 is 11.9 Å². The number of hydrogen-bond acceptors (Lipinski definition) is 5. The fourth-order valence-electron chi connectivity index (χ4n) is 3.18. The number of carbonyl (C=O) groups excluding carboxylic acids is 3. The van der Waals surface area contributed by atoms with E-state index in [1.807, 2.05) is 0 Å². The van der Waals surface area contributed by atoms with Crippen molar-refractivity contribution >= 4 is 17.7 Å². The van der Waals surface area contributed by atoms with E-state index in [2.05, 4.69) is 0 Å². The molecule has 0 aliphatic heterocycles. The van der Waals surface area contributed by atoms with Crippen LogP contribution >= 0.6 is 0 Å². The Morgan fingerprint density at radius 3 is 2.68 bits per heavy atom. The van der Waals surface area contributed by atoms with Crippen LogP contribution in [-0.2, 0) is 23.9 Å². The summed E-state index contributed by atoms with van der Waals surface area (Å²) in [6.45, 7) is 4.71. The lowest BCUT2D eigenvalue weighted by molar-refractivity contribution is -0.187. The zero-order valence-corrected chi connectivity index (χ0v) is 11.4. The molecule has 0 spiro atoms. The van der Waals surface area contributed by atoms with Gasteiger partial charge in [-0.2, -0.15) is 0 Å². The minimum absolute atomic E-state index is 0.149. The smallest absolute Gasteiger partial charge is 0.359 e. The Morgan fingerprint density at radius 2 is 2.11 bits per heavy atom. The number of rotatable bonds is 3. The lowest BCUT2D eigenvalue weighted by Crippen LogP contribution is -2.53. The van der Waals surface area contributed by atoms with Crippen molar-refractivity contribution in [3.05, 3.63) is 11.1 Å². The maximum absolute atomic E-state index is 12.5. The standard InChI is InChI=1S/C14H18O5/c1-4-18-13(17)14(19-9(3)15)11-7-5-6-10(11)8(2)12(14)16/h11H,4-7H2,1-3H3/t11-,14+/m1/s1. The van der Waals surface area contributed by atoms with Gasteiger partial charge in [0.25, 0.3) is 5.60 Å². The number of esters is 2. The molecular weight excluding hydrogens is 248 g/mol. The topological polar surface area (TPSA) is 69.7 Å². The summed E-state index contributed by atoms with van der Waals surface area (Å²) >= 11 is 0. The van der Waals surface area contributed by atoms with Crippen LogP contribution in [0.15, 0.2) is 11.1 Å². The summed E-state index contributed by atoms with van der Waals surface area (Å²) in [5, 5.41) is 0. The first-order valence-electron chi connectivity index (χ1n) is 6.56. The molecule has 5 nitrogen and oxygen atoms in total. The Labute approximate surface area is 111 Å². The first kappa shape index (κ1) is 13.8. The Balaban J connectivity index is 2.47. The van der Waals surface area contributed by atoms with Gasteiger partial charge in [0.2, 0.25) is 5.78 Å². The molecule has 104 valence electrons. The average molecular weight is 266 g/mol. The summed E-state index contributed by atoms with van der Waals surface area (Å²) in [5.41, 5.74) is -0.270. The van der Waals surface area contributed by atoms with Crippen molar-refractivity contribution in [2.45, 2.75) is 45.6 Å². The summed E-state index contributed by atoms with van der Waals surface area (Å²) in [7, 11) is 0. The SMILES string of the molecule is CCOC(=O)[C@@]1(OC(C)=O)C(=O)C(C)=C2CCC[C@H]21. The second kappa shape index (κ2) is 4.79. The summed E-state index contributed by atoms with van der Waals surface area (Å²) < 4.78 is 10.2. The molecule has 19 heavy (non-hydrogen) atoms. The largest absolute Gasteiger partial charge is 0.463 e. The number of ketones is 1. The fourth-order valence-corrected chi connectivity index (χ4v) is 3.18. The maximum Gasteiger partial charge on any atom is 0.359 e. The normalized spacial score (nSPS) is 29.4. The number of Topliss-reactive ketones (excluding diaryl/α,β-unsaturated/α-hetero) is 1. The molecule has 0 saturated heterocycles. The quantitative estimate of drug-likeness (QED) is 0.572. The zero-order valence-electron chi connectivity index (χ0n) is 11.4. The van der Waals surface area contributed by atoms with Gasteiger partial charge in [-0.05, 0) is 38.7 Å². The van der Waals surface area contributed by atoms with Crippen LogP contribution in [0.5, 0.6) is 0 Å². The molecule has 5 heteroatoms. The van der Waals surface area contributed by atoms with Gasteiger partial charge in [0.05, 0.1) is 6.61 Å². The van der Waals surface area contributed by atoms with Gasteiger partial charge in [0.1, 0.15) is 0 Å². The van der Waals surface area contributed by atoms with Crippen LogP contribution in [0.1, 0.15) is 40.0 Å². The van der Waals surface area contributed by atoms with Crippen molar-refractivity contribution in [1.82, 2.24) is 0 Å². The number of carbonyl (C=O) groups is 3. The van der Waals surface area contributed by atoms with Gasteiger partial charge in [-0.3, -0.25) is 9.59 Å². The van der Waals surface area contributed by atoms with E-state index in [1.54, 1.807) is 13.8 Å². The van der Waals surface area contributed by atoms with Gasteiger partial charge in [0.15, 0.2) is 0 Å². The average Bonchev–Trinajstić information content (AvgIpc) is 2.89. The third kappa shape index (κ3) is 1.88. The van der Waals surface area contributed by atoms with E-state index >= 15 is 0 Å². The molecule has 0 heterocycles. The molecule has 0 N–H and O–H groups in total. The molecule has 2 aliphatic carbocycles. The molecule has 0 aromatic rings. The van der Waals surface area contributed by atoms with Crippen LogP contribution in [0.3, 0.4) is 0 Å². The number of fused-ring (bicyclic) bond motifs is 1. The first-order chi connectivity index (χ1) is 8.95. The molecule has 0 bridgehead atoms. The molecule has 0 amide bonds. The highest BCUT2D eigenvalue weighted by molar-refractivity contribution is 6.19. The minimum atomic E-state index is -1.77. The summed E-state index contributed by atoms with van der Waals surface area (Å²) in [5.74, 6) is -2.14. The molecule has 2 rings (SSSR count). The predicted molar refractivity (Wildman–Crippen MR) is 66.2 cm³/mol. The third-order valence-corrected chi connectivity index (χ3v) is 3.89. The lowest BCUT2D eigenvalue weighted by Gasteiger charge is -2.30. The molecule has 0 radical (unpaired) electrons. The van der Waals surface area contributed by atoms with E-state index in [-0.39, 0.29) is 12.5 Å². The third-order valence-electron chi connectivity index (χ3n) is 3.89. The molecule has 1 fully saturated rings. The van der Waals surface area contributed by atoms with Crippen molar-refractivity contribution in [3.8, 4) is 0 Å². The van der Waals surface area contributed by atoms with Gasteiger partial charge in [-0.15, -0.1) is 0 Å². The molecule has 0 aromatic carbocycles. The first-order valence-corrected chi connectivity index (χ1v) is 6.56. The molecule has 1 saturated carbocycles. The van der Waals surface area contributed by atoms with E-state index < -0.39 is 23.3 Å². The zero-order chi connectivity index (χ0) is 14.2. The summed E-state index contributed by atoms with van der Waals surface area (Å²) in [6.07, 6.45) is 2.35. The van der Waals surface area contributed by atoms with Gasteiger partial charge in [0, 0.05) is 12.8 Å². The molecule has 2 aliphatic rings. The lowest BCUT2D eigenvalue weighted by atomic mass is 9.86. The van der Waals surface area contributed by atoms with Crippen LogP contribution in [0.4, 0.5) is 0 Å². The Morgan fingerprint density at radius 1 is 1.42 bits per heavy atom. The highest BCUT2D eigenvalue weighted by Gasteiger charge is 2.63. The van der Waals surface area contributed by atoms with Crippen LogP contribution in [0.25, 0.3) is 0 Å². The van der Waals surface area contributed by atoms with Crippen molar-refractivity contribution < 1.29 is 23.9 Å². The van der Waals surface area contributed by atoms with E-state index in [0.717, 1.165) is 18.4 Å². The van der Waals surface area contributed by atoms with Crippen molar-refractivity contribution in [2.75, 3.05) is 6.61 Å². The van der Waals surface area contributed by atoms with E-state index in [1.165, 1.54) is 6.92 Å². The highest BCUT2D eigenvalue weighted by Crippen LogP contribution is 2.49. The van der Waals surface area contributed by atoms with Crippen molar-refractivity contribution in [3.63, 3.8) is 0 Å². The Bertz CT molecular complexity index is 476. The molecule has 0 unspecified atom stereocenters. The Hall–Kier alpha value is -1.65. The molecule has 0 aromatic heterocycles.